The van der Waals surface area contributed by atoms with Crippen LogP contribution in [0.15, 0.2) is 24.3 Å². The van der Waals surface area contributed by atoms with Crippen LogP contribution in [0, 0.1) is 5.92 Å². The average Bonchev–Trinajstić information content (AvgIpc) is 2.62. The molecule has 0 bridgehead atoms. The van der Waals surface area contributed by atoms with Crippen LogP contribution in [0.2, 0.25) is 0 Å². The van der Waals surface area contributed by atoms with E-state index in [9.17, 15) is 18.0 Å². The second-order valence-corrected chi connectivity index (χ2v) is 8.52. The molecule has 1 aliphatic heterocycles. The zero-order chi connectivity index (χ0) is 20.2. The number of hydrogen-bond donors (Lipinski definition) is 1. The van der Waals surface area contributed by atoms with Crippen LogP contribution < -0.4 is 14.8 Å². The van der Waals surface area contributed by atoms with Crippen LogP contribution in [0.3, 0.4) is 0 Å². The molecular formula is C18H27N3O5S. The zero-order valence-electron chi connectivity index (χ0n) is 15.9. The molecule has 1 atom stereocenters. The van der Waals surface area contributed by atoms with Gasteiger partial charge in [-0.15, -0.1) is 0 Å². The Bertz CT molecular complexity index is 771. The number of amides is 2. The molecule has 0 aromatic heterocycles. The Kier molecular flexibility index (Phi) is 6.69. The summed E-state index contributed by atoms with van der Waals surface area (Å²) in [4.78, 5) is 25.8. The summed E-state index contributed by atoms with van der Waals surface area (Å²) in [5, 5.41) is 0. The van der Waals surface area contributed by atoms with Crippen LogP contribution in [0.4, 0.5) is 5.69 Å². The van der Waals surface area contributed by atoms with E-state index in [1.165, 1.54) is 0 Å². The predicted octanol–water partition coefficient (Wildman–Crippen LogP) is 0.964. The Morgan fingerprint density at radius 2 is 1.81 bits per heavy atom. The molecule has 1 saturated heterocycles. The molecule has 8 nitrogen and oxygen atoms in total. The van der Waals surface area contributed by atoms with Crippen LogP contribution in [-0.2, 0) is 19.6 Å². The lowest BCUT2D eigenvalue weighted by Crippen LogP contribution is -2.52. The molecule has 9 heteroatoms. The van der Waals surface area contributed by atoms with Crippen molar-refractivity contribution in [2.45, 2.75) is 32.7 Å². The highest BCUT2D eigenvalue weighted by molar-refractivity contribution is 7.92. The van der Waals surface area contributed by atoms with Crippen LogP contribution in [0.5, 0.6) is 5.75 Å². The van der Waals surface area contributed by atoms with Gasteiger partial charge in [0.05, 0.1) is 18.6 Å². The van der Waals surface area contributed by atoms with E-state index in [0.717, 1.165) is 10.6 Å². The third kappa shape index (κ3) is 5.12. The van der Waals surface area contributed by atoms with Crippen LogP contribution in [-0.4, -0.2) is 57.1 Å². The molecule has 1 aromatic rings. The highest BCUT2D eigenvalue weighted by Gasteiger charge is 2.34. The van der Waals surface area contributed by atoms with E-state index in [4.69, 9.17) is 10.5 Å². The second kappa shape index (κ2) is 8.60. The number of benzene rings is 1. The summed E-state index contributed by atoms with van der Waals surface area (Å²) in [5.41, 5.74) is 5.72. The normalized spacial score (nSPS) is 16.6. The number of carbonyl (C=O) groups excluding carboxylic acids is 2. The van der Waals surface area contributed by atoms with E-state index >= 15 is 0 Å². The average molecular weight is 397 g/mol. The molecule has 2 amide bonds. The third-order valence-corrected chi connectivity index (χ3v) is 5.92. The highest BCUT2D eigenvalue weighted by atomic mass is 32.2. The first-order valence-corrected chi connectivity index (χ1v) is 10.8. The maximum Gasteiger partial charge on any atom is 0.246 e. The van der Waals surface area contributed by atoms with Gasteiger partial charge in [-0.05, 0) is 51.0 Å². The third-order valence-electron chi connectivity index (χ3n) is 4.68. The fraction of sp³-hybridized carbons (Fsp3) is 0.556. The van der Waals surface area contributed by atoms with Crippen molar-refractivity contribution < 1.29 is 22.7 Å². The number of nitrogens with two attached hydrogens (primary N) is 1. The summed E-state index contributed by atoms with van der Waals surface area (Å²) in [6.07, 6.45) is 2.07. The number of nitrogens with zero attached hydrogens (tertiary/aromatic N) is 2. The Labute approximate surface area is 160 Å². The summed E-state index contributed by atoms with van der Waals surface area (Å²) < 4.78 is 31.2. The Hall–Kier alpha value is -2.29. The van der Waals surface area contributed by atoms with E-state index in [-0.39, 0.29) is 17.7 Å². The van der Waals surface area contributed by atoms with Gasteiger partial charge in [0.25, 0.3) is 0 Å². The fourth-order valence-electron chi connectivity index (χ4n) is 3.31. The SMILES string of the molecule is CCOc1ccc(N([C@@H](C)C(=O)N2CCC(C(N)=O)CC2)S(C)(=O)=O)cc1. The Morgan fingerprint density at radius 3 is 2.26 bits per heavy atom. The molecule has 2 N–H and O–H groups in total. The van der Waals surface area contributed by atoms with E-state index in [0.29, 0.717) is 44.0 Å². The van der Waals surface area contributed by atoms with Gasteiger partial charge in [-0.3, -0.25) is 13.9 Å². The molecule has 150 valence electrons. The number of hydrogen-bond acceptors (Lipinski definition) is 5. The molecule has 2 rings (SSSR count). The van der Waals surface area contributed by atoms with Gasteiger partial charge >= 0.3 is 0 Å². The van der Waals surface area contributed by atoms with Crippen molar-refractivity contribution in [1.29, 1.82) is 0 Å². The summed E-state index contributed by atoms with van der Waals surface area (Å²) in [7, 11) is -3.68. The fourth-order valence-corrected chi connectivity index (χ4v) is 4.48. The molecule has 27 heavy (non-hydrogen) atoms. The summed E-state index contributed by atoms with van der Waals surface area (Å²) >= 11 is 0. The standard InChI is InChI=1S/C18H27N3O5S/c1-4-26-16-7-5-15(6-8-16)21(27(3,24)25)13(2)18(23)20-11-9-14(10-12-20)17(19)22/h5-8,13-14H,4,9-12H2,1-3H3,(H2,19,22)/t13-/m0/s1. The molecule has 1 heterocycles. The second-order valence-electron chi connectivity index (χ2n) is 6.66. The first-order chi connectivity index (χ1) is 12.6. The van der Waals surface area contributed by atoms with E-state index in [1.807, 2.05) is 6.92 Å². The first-order valence-electron chi connectivity index (χ1n) is 8.95. The number of ether oxygens (including phenoxy) is 1. The van der Waals surface area contributed by atoms with E-state index < -0.39 is 16.1 Å². The quantitative estimate of drug-likeness (QED) is 0.737. The van der Waals surface area contributed by atoms with Gasteiger partial charge in [0.2, 0.25) is 21.8 Å². The lowest BCUT2D eigenvalue weighted by molar-refractivity contribution is -0.135. The van der Waals surface area contributed by atoms with Gasteiger partial charge in [-0.25, -0.2) is 8.42 Å². The van der Waals surface area contributed by atoms with Gasteiger partial charge in [0.1, 0.15) is 11.8 Å². The first kappa shape index (κ1) is 21.0. The maximum absolute atomic E-state index is 12.9. The van der Waals surface area contributed by atoms with Crippen molar-refractivity contribution in [3.8, 4) is 5.75 Å². The number of primary amides is 1. The molecule has 0 aliphatic carbocycles. The summed E-state index contributed by atoms with van der Waals surface area (Å²) in [5.74, 6) is -0.261. The molecule has 1 aromatic carbocycles. The van der Waals surface area contributed by atoms with Crippen LogP contribution in [0.1, 0.15) is 26.7 Å². The van der Waals surface area contributed by atoms with Crippen molar-refractivity contribution >= 4 is 27.5 Å². The molecule has 0 saturated carbocycles. The van der Waals surface area contributed by atoms with Gasteiger partial charge in [0.15, 0.2) is 0 Å². The largest absolute Gasteiger partial charge is 0.494 e. The summed E-state index contributed by atoms with van der Waals surface area (Å²) in [6.45, 7) is 4.71. The lowest BCUT2D eigenvalue weighted by Gasteiger charge is -2.36. The van der Waals surface area contributed by atoms with Gasteiger partial charge in [0, 0.05) is 19.0 Å². The van der Waals surface area contributed by atoms with Crippen molar-refractivity contribution in [3.63, 3.8) is 0 Å². The van der Waals surface area contributed by atoms with Gasteiger partial charge in [-0.1, -0.05) is 0 Å². The molecule has 1 aliphatic rings. The molecule has 0 unspecified atom stereocenters. The lowest BCUT2D eigenvalue weighted by atomic mass is 9.96. The Balaban J connectivity index is 2.19. The number of carbonyl (C=O) groups is 2. The highest BCUT2D eigenvalue weighted by Crippen LogP contribution is 2.26. The minimum Gasteiger partial charge on any atom is -0.494 e. The van der Waals surface area contributed by atoms with Gasteiger partial charge in [-0.2, -0.15) is 0 Å². The minimum absolute atomic E-state index is 0.235. The molecular weight excluding hydrogens is 370 g/mol. The Morgan fingerprint density at radius 1 is 1.26 bits per heavy atom. The monoisotopic (exact) mass is 397 g/mol. The summed E-state index contributed by atoms with van der Waals surface area (Å²) in [6, 6.07) is 5.69. The van der Waals surface area contributed by atoms with Gasteiger partial charge < -0.3 is 15.4 Å². The zero-order valence-corrected chi connectivity index (χ0v) is 16.7. The maximum atomic E-state index is 12.9. The number of likely N-dealkylation sites (tertiary alicyclic amines) is 1. The number of rotatable bonds is 7. The number of anilines is 1. The minimum atomic E-state index is -3.68. The smallest absolute Gasteiger partial charge is 0.246 e. The van der Waals surface area contributed by atoms with Crippen molar-refractivity contribution in [2.75, 3.05) is 30.3 Å². The predicted molar refractivity (Wildman–Crippen MR) is 103 cm³/mol. The van der Waals surface area contributed by atoms with Crippen molar-refractivity contribution in [2.24, 2.45) is 11.7 Å². The molecule has 0 radical (unpaired) electrons. The number of sulfonamides is 1. The topological polar surface area (TPSA) is 110 Å². The van der Waals surface area contributed by atoms with Crippen LogP contribution >= 0.6 is 0 Å². The van der Waals surface area contributed by atoms with Crippen LogP contribution in [0.25, 0.3) is 0 Å². The van der Waals surface area contributed by atoms with E-state index in [2.05, 4.69) is 0 Å². The van der Waals surface area contributed by atoms with E-state index in [1.54, 1.807) is 36.1 Å². The number of piperidine rings is 1. The molecule has 0 spiro atoms. The van der Waals surface area contributed by atoms with Crippen molar-refractivity contribution in [1.82, 2.24) is 4.90 Å². The van der Waals surface area contributed by atoms with Crippen molar-refractivity contribution in [3.05, 3.63) is 24.3 Å². The molecule has 1 fully saturated rings.